The van der Waals surface area contributed by atoms with Crippen molar-refractivity contribution in [2.45, 2.75) is 17.9 Å². The van der Waals surface area contributed by atoms with E-state index >= 15 is 0 Å². The summed E-state index contributed by atoms with van der Waals surface area (Å²) >= 11 is 11.2. The molecule has 1 atom stereocenters. The van der Waals surface area contributed by atoms with Gasteiger partial charge in [0.05, 0.1) is 4.90 Å². The van der Waals surface area contributed by atoms with Crippen molar-refractivity contribution in [1.82, 2.24) is 4.72 Å². The zero-order valence-corrected chi connectivity index (χ0v) is 10.4. The van der Waals surface area contributed by atoms with Gasteiger partial charge in [-0.2, -0.15) is 0 Å². The van der Waals surface area contributed by atoms with Crippen LogP contribution in [-0.2, 0) is 10.0 Å². The molecule has 0 saturated carbocycles. The van der Waals surface area contributed by atoms with Gasteiger partial charge in [0, 0.05) is 16.9 Å². The fourth-order valence-corrected chi connectivity index (χ4v) is 2.52. The van der Waals surface area contributed by atoms with Crippen molar-refractivity contribution in [3.63, 3.8) is 0 Å². The van der Waals surface area contributed by atoms with E-state index in [0.717, 1.165) is 0 Å². The maximum absolute atomic E-state index is 11.7. The molecule has 1 N–H and O–H groups in total. The molecule has 1 aromatic carbocycles. The molecule has 0 aliphatic rings. The predicted molar refractivity (Wildman–Crippen MR) is 62.0 cm³/mol. The van der Waals surface area contributed by atoms with Gasteiger partial charge in [-0.3, -0.25) is 0 Å². The van der Waals surface area contributed by atoms with Crippen LogP contribution in [0.4, 0.5) is 0 Å². The second kappa shape index (κ2) is 5.16. The third-order valence-corrected chi connectivity index (χ3v) is 4.03. The largest absolute Gasteiger partial charge is 0.240 e. The van der Waals surface area contributed by atoms with Gasteiger partial charge in [-0.25, -0.2) is 13.1 Å². The Morgan fingerprint density at radius 1 is 1.33 bits per heavy atom. The Kier molecular flexibility index (Phi) is 4.40. The minimum absolute atomic E-state index is 0.184. The summed E-state index contributed by atoms with van der Waals surface area (Å²) in [7, 11) is -3.48. The molecular weight excluding hydrogens is 257 g/mol. The summed E-state index contributed by atoms with van der Waals surface area (Å²) in [6, 6.07) is 5.66. The summed E-state index contributed by atoms with van der Waals surface area (Å²) in [5, 5.41) is 0.499. The van der Waals surface area contributed by atoms with Gasteiger partial charge in [0.25, 0.3) is 0 Å². The molecule has 15 heavy (non-hydrogen) atoms. The van der Waals surface area contributed by atoms with Crippen molar-refractivity contribution in [2.75, 3.05) is 5.88 Å². The number of hydrogen-bond acceptors (Lipinski definition) is 2. The summed E-state index contributed by atoms with van der Waals surface area (Å²) in [5.41, 5.74) is 0. The summed E-state index contributed by atoms with van der Waals surface area (Å²) < 4.78 is 25.8. The minimum Gasteiger partial charge on any atom is -0.207 e. The molecule has 6 heteroatoms. The van der Waals surface area contributed by atoms with Gasteiger partial charge < -0.3 is 0 Å². The van der Waals surface area contributed by atoms with Crippen molar-refractivity contribution in [2.24, 2.45) is 0 Å². The fraction of sp³-hybridized carbons (Fsp3) is 0.333. The number of halogens is 2. The molecule has 0 aliphatic carbocycles. The van der Waals surface area contributed by atoms with Crippen molar-refractivity contribution in [3.05, 3.63) is 29.3 Å². The highest BCUT2D eigenvalue weighted by molar-refractivity contribution is 7.89. The standard InChI is InChI=1S/C9H11Cl2NO2S/c1-7(6-10)12-15(13,14)9-4-2-8(11)3-5-9/h2-5,7,12H,6H2,1H3. The number of hydrogen-bond donors (Lipinski definition) is 1. The van der Waals surface area contributed by atoms with E-state index in [4.69, 9.17) is 23.2 Å². The molecule has 3 nitrogen and oxygen atoms in total. The number of sulfonamides is 1. The van der Waals surface area contributed by atoms with Crippen LogP contribution in [0.15, 0.2) is 29.2 Å². The molecule has 84 valence electrons. The van der Waals surface area contributed by atoms with E-state index in [9.17, 15) is 8.42 Å². The van der Waals surface area contributed by atoms with E-state index in [2.05, 4.69) is 4.72 Å². The van der Waals surface area contributed by atoms with Crippen molar-refractivity contribution in [3.8, 4) is 0 Å². The van der Waals surface area contributed by atoms with Gasteiger partial charge in [0.2, 0.25) is 10.0 Å². The number of benzene rings is 1. The SMILES string of the molecule is CC(CCl)NS(=O)(=O)c1ccc(Cl)cc1. The van der Waals surface area contributed by atoms with Gasteiger partial charge in [0.15, 0.2) is 0 Å². The highest BCUT2D eigenvalue weighted by Gasteiger charge is 2.16. The number of nitrogens with one attached hydrogen (secondary N) is 1. The maximum atomic E-state index is 11.7. The Bertz CT molecular complexity index is 416. The van der Waals surface area contributed by atoms with Crippen molar-refractivity contribution in [1.29, 1.82) is 0 Å². The number of rotatable bonds is 4. The summed E-state index contributed by atoms with van der Waals surface area (Å²) in [6.07, 6.45) is 0. The van der Waals surface area contributed by atoms with Gasteiger partial charge in [-0.1, -0.05) is 11.6 Å². The lowest BCUT2D eigenvalue weighted by Gasteiger charge is -2.10. The first-order chi connectivity index (χ1) is 6.95. The van der Waals surface area contributed by atoms with Crippen molar-refractivity contribution < 1.29 is 8.42 Å². The maximum Gasteiger partial charge on any atom is 0.240 e. The van der Waals surface area contributed by atoms with Crippen LogP contribution in [0.25, 0.3) is 0 Å². The molecule has 0 amide bonds. The van der Waals surface area contributed by atoms with Gasteiger partial charge in [-0.15, -0.1) is 11.6 Å². The Balaban J connectivity index is 2.91. The first kappa shape index (κ1) is 12.8. The topological polar surface area (TPSA) is 46.2 Å². The molecule has 0 radical (unpaired) electrons. The predicted octanol–water partition coefficient (Wildman–Crippen LogP) is 2.25. The lowest BCUT2D eigenvalue weighted by atomic mass is 10.4. The van der Waals surface area contributed by atoms with E-state index in [-0.39, 0.29) is 16.8 Å². The normalized spacial score (nSPS) is 13.8. The third kappa shape index (κ3) is 3.65. The third-order valence-electron chi connectivity index (χ3n) is 1.71. The quantitative estimate of drug-likeness (QED) is 0.851. The molecule has 0 saturated heterocycles. The average molecular weight is 268 g/mol. The second-order valence-electron chi connectivity index (χ2n) is 3.13. The van der Waals surface area contributed by atoms with Crippen LogP contribution in [0.2, 0.25) is 5.02 Å². The van der Waals surface area contributed by atoms with Crippen LogP contribution in [0.5, 0.6) is 0 Å². The van der Waals surface area contributed by atoms with Gasteiger partial charge in [0.1, 0.15) is 0 Å². The van der Waals surface area contributed by atoms with E-state index in [1.807, 2.05) is 0 Å². The Morgan fingerprint density at radius 2 is 1.87 bits per heavy atom. The molecule has 0 spiro atoms. The first-order valence-corrected chi connectivity index (χ1v) is 6.69. The molecule has 1 rings (SSSR count). The van der Waals surface area contributed by atoms with E-state index in [1.165, 1.54) is 24.3 Å². The molecule has 0 fully saturated rings. The van der Waals surface area contributed by atoms with Crippen LogP contribution in [0, 0.1) is 0 Å². The Morgan fingerprint density at radius 3 is 2.33 bits per heavy atom. The van der Waals surface area contributed by atoms with Crippen LogP contribution in [0.1, 0.15) is 6.92 Å². The highest BCUT2D eigenvalue weighted by atomic mass is 35.5. The molecule has 1 unspecified atom stereocenters. The fourth-order valence-electron chi connectivity index (χ4n) is 0.978. The number of alkyl halides is 1. The van der Waals surface area contributed by atoms with E-state index in [0.29, 0.717) is 5.02 Å². The summed E-state index contributed by atoms with van der Waals surface area (Å²) in [6.45, 7) is 1.69. The first-order valence-electron chi connectivity index (χ1n) is 4.29. The monoisotopic (exact) mass is 267 g/mol. The van der Waals surface area contributed by atoms with E-state index < -0.39 is 10.0 Å². The average Bonchev–Trinajstić information content (AvgIpc) is 2.17. The molecular formula is C9H11Cl2NO2S. The van der Waals surface area contributed by atoms with Crippen molar-refractivity contribution >= 4 is 33.2 Å². The second-order valence-corrected chi connectivity index (χ2v) is 5.59. The minimum atomic E-state index is -3.48. The van der Waals surface area contributed by atoms with Gasteiger partial charge in [-0.05, 0) is 31.2 Å². The zero-order valence-electron chi connectivity index (χ0n) is 8.07. The van der Waals surface area contributed by atoms with Crippen LogP contribution < -0.4 is 4.72 Å². The smallest absolute Gasteiger partial charge is 0.207 e. The van der Waals surface area contributed by atoms with Crippen LogP contribution >= 0.6 is 23.2 Å². The lowest BCUT2D eigenvalue weighted by molar-refractivity contribution is 0.570. The Labute approximate surface area is 99.4 Å². The molecule has 1 aromatic rings. The highest BCUT2D eigenvalue weighted by Crippen LogP contribution is 2.14. The van der Waals surface area contributed by atoms with Crippen LogP contribution in [0.3, 0.4) is 0 Å². The molecule has 0 aromatic heterocycles. The summed E-state index contributed by atoms with van der Waals surface area (Å²) in [4.78, 5) is 0.184. The summed E-state index contributed by atoms with van der Waals surface area (Å²) in [5.74, 6) is 0.229. The zero-order chi connectivity index (χ0) is 11.5. The van der Waals surface area contributed by atoms with E-state index in [1.54, 1.807) is 6.92 Å². The van der Waals surface area contributed by atoms with Gasteiger partial charge >= 0.3 is 0 Å². The molecule has 0 bridgehead atoms. The Hall–Kier alpha value is -0.290. The molecule has 0 heterocycles. The van der Waals surface area contributed by atoms with Crippen LogP contribution in [-0.4, -0.2) is 20.3 Å². The lowest BCUT2D eigenvalue weighted by Crippen LogP contribution is -2.33. The molecule has 0 aliphatic heterocycles.